The van der Waals surface area contributed by atoms with E-state index in [2.05, 4.69) is 63.6 Å². The maximum Gasteiger partial charge on any atom is 0.221 e. The zero-order valence-electron chi connectivity index (χ0n) is 16.7. The third kappa shape index (κ3) is 4.85. The molecule has 0 unspecified atom stereocenters. The summed E-state index contributed by atoms with van der Waals surface area (Å²) >= 11 is 0. The van der Waals surface area contributed by atoms with E-state index in [1.165, 1.54) is 12.5 Å². The third-order valence-electron chi connectivity index (χ3n) is 4.21. The first-order valence-electron chi connectivity index (χ1n) is 9.29. The van der Waals surface area contributed by atoms with E-state index in [1.54, 1.807) is 0 Å². The van der Waals surface area contributed by atoms with Crippen LogP contribution in [-0.2, 0) is 4.79 Å². The minimum absolute atomic E-state index is 0.0902. The third-order valence-corrected chi connectivity index (χ3v) is 4.21. The minimum Gasteiger partial charge on any atom is -0.340 e. The Kier molecular flexibility index (Phi) is 5.89. The quantitative estimate of drug-likeness (QED) is 0.638. The van der Waals surface area contributed by atoms with Crippen LogP contribution in [0.1, 0.15) is 25.2 Å². The molecule has 0 saturated carbocycles. The molecule has 0 saturated heterocycles. The number of hydrogen-bond donors (Lipinski definition) is 2. The molecule has 0 atom stereocenters. The normalized spacial score (nSPS) is 10.4. The van der Waals surface area contributed by atoms with Crippen molar-refractivity contribution in [3.8, 4) is 0 Å². The van der Waals surface area contributed by atoms with Crippen LogP contribution < -0.4 is 15.5 Å². The second kappa shape index (κ2) is 8.52. The number of amides is 1. The summed E-state index contributed by atoms with van der Waals surface area (Å²) in [6, 6.07) is 17.8. The Morgan fingerprint density at radius 3 is 2.36 bits per heavy atom. The fourth-order valence-corrected chi connectivity index (χ4v) is 3.01. The summed E-state index contributed by atoms with van der Waals surface area (Å²) in [6.45, 7) is 8.36. The first kappa shape index (κ1) is 19.4. The van der Waals surface area contributed by atoms with Crippen LogP contribution >= 0.6 is 0 Å². The summed E-state index contributed by atoms with van der Waals surface area (Å²) in [5, 5.41) is 6.08. The van der Waals surface area contributed by atoms with E-state index in [0.717, 1.165) is 35.2 Å². The number of benzene rings is 2. The molecule has 0 radical (unpaired) electrons. The molecule has 28 heavy (non-hydrogen) atoms. The van der Waals surface area contributed by atoms with Crippen molar-refractivity contribution < 1.29 is 4.79 Å². The summed E-state index contributed by atoms with van der Waals surface area (Å²) < 4.78 is 0. The summed E-state index contributed by atoms with van der Waals surface area (Å²) in [4.78, 5) is 22.4. The van der Waals surface area contributed by atoms with E-state index >= 15 is 0 Å². The highest BCUT2D eigenvalue weighted by molar-refractivity contribution is 5.88. The molecular weight excluding hydrogens is 350 g/mol. The molecule has 0 aliphatic carbocycles. The fraction of sp³-hybridized carbons (Fsp3) is 0.227. The minimum atomic E-state index is -0.0902. The topological polar surface area (TPSA) is 70.2 Å². The van der Waals surface area contributed by atoms with Gasteiger partial charge in [0, 0.05) is 36.6 Å². The van der Waals surface area contributed by atoms with Gasteiger partial charge >= 0.3 is 0 Å². The van der Waals surface area contributed by atoms with Gasteiger partial charge in [0.25, 0.3) is 0 Å². The number of aromatic nitrogens is 2. The van der Waals surface area contributed by atoms with Gasteiger partial charge in [-0.15, -0.1) is 0 Å². The Hall–Kier alpha value is -3.41. The van der Waals surface area contributed by atoms with Gasteiger partial charge in [0.2, 0.25) is 5.91 Å². The molecule has 1 amide bonds. The van der Waals surface area contributed by atoms with Gasteiger partial charge in [-0.3, -0.25) is 4.79 Å². The van der Waals surface area contributed by atoms with E-state index in [4.69, 9.17) is 0 Å². The van der Waals surface area contributed by atoms with Gasteiger partial charge in [0.15, 0.2) is 0 Å². The number of nitrogens with one attached hydrogen (secondary N) is 2. The van der Waals surface area contributed by atoms with Crippen LogP contribution in [0.15, 0.2) is 54.6 Å². The molecule has 0 spiro atoms. The van der Waals surface area contributed by atoms with Crippen LogP contribution in [0.2, 0.25) is 0 Å². The predicted octanol–water partition coefficient (Wildman–Crippen LogP) is 4.95. The molecule has 6 nitrogen and oxygen atoms in total. The highest BCUT2D eigenvalue weighted by Crippen LogP contribution is 2.27. The largest absolute Gasteiger partial charge is 0.340 e. The van der Waals surface area contributed by atoms with E-state index < -0.39 is 0 Å². The molecule has 6 heteroatoms. The molecule has 0 aliphatic heterocycles. The SMILES string of the molecule is CCN(c1cccc(C)c1)c1cc(Nc2ccc(NC(C)=O)cc2)nc(C)n1. The summed E-state index contributed by atoms with van der Waals surface area (Å²) in [6.07, 6.45) is 0. The van der Waals surface area contributed by atoms with Gasteiger partial charge in [-0.1, -0.05) is 12.1 Å². The van der Waals surface area contributed by atoms with Gasteiger partial charge < -0.3 is 15.5 Å². The van der Waals surface area contributed by atoms with Crippen molar-refractivity contribution in [2.45, 2.75) is 27.7 Å². The average Bonchev–Trinajstić information content (AvgIpc) is 2.63. The van der Waals surface area contributed by atoms with Crippen LogP contribution in [0, 0.1) is 13.8 Å². The molecule has 1 heterocycles. The van der Waals surface area contributed by atoms with Crippen molar-refractivity contribution in [1.29, 1.82) is 0 Å². The summed E-state index contributed by atoms with van der Waals surface area (Å²) in [5.74, 6) is 2.17. The molecule has 3 rings (SSSR count). The number of carbonyl (C=O) groups is 1. The molecule has 0 fully saturated rings. The van der Waals surface area contributed by atoms with Crippen LogP contribution in [0.3, 0.4) is 0 Å². The van der Waals surface area contributed by atoms with Crippen molar-refractivity contribution in [2.24, 2.45) is 0 Å². The lowest BCUT2D eigenvalue weighted by atomic mass is 10.2. The number of carbonyl (C=O) groups excluding carboxylic acids is 1. The number of nitrogens with zero attached hydrogens (tertiary/aromatic N) is 3. The van der Waals surface area contributed by atoms with Crippen LogP contribution in [0.5, 0.6) is 0 Å². The Morgan fingerprint density at radius 2 is 1.71 bits per heavy atom. The van der Waals surface area contributed by atoms with Gasteiger partial charge in [-0.05, 0) is 62.7 Å². The van der Waals surface area contributed by atoms with Gasteiger partial charge in [0.1, 0.15) is 17.5 Å². The van der Waals surface area contributed by atoms with E-state index in [0.29, 0.717) is 5.82 Å². The smallest absolute Gasteiger partial charge is 0.221 e. The zero-order valence-corrected chi connectivity index (χ0v) is 16.7. The average molecular weight is 375 g/mol. The zero-order chi connectivity index (χ0) is 20.1. The lowest BCUT2D eigenvalue weighted by molar-refractivity contribution is -0.114. The number of anilines is 5. The molecule has 0 aliphatic rings. The maximum absolute atomic E-state index is 11.1. The summed E-state index contributed by atoms with van der Waals surface area (Å²) in [5.41, 5.74) is 3.96. The van der Waals surface area contributed by atoms with E-state index in [9.17, 15) is 4.79 Å². The fourth-order valence-electron chi connectivity index (χ4n) is 3.01. The van der Waals surface area contributed by atoms with Gasteiger partial charge in [-0.25, -0.2) is 9.97 Å². The monoisotopic (exact) mass is 375 g/mol. The molecule has 1 aromatic heterocycles. The van der Waals surface area contributed by atoms with Crippen LogP contribution in [0.25, 0.3) is 0 Å². The molecular formula is C22H25N5O. The molecule has 2 aromatic carbocycles. The molecule has 144 valence electrons. The van der Waals surface area contributed by atoms with Gasteiger partial charge in [0.05, 0.1) is 0 Å². The van der Waals surface area contributed by atoms with Crippen LogP contribution in [0.4, 0.5) is 28.7 Å². The van der Waals surface area contributed by atoms with Gasteiger partial charge in [-0.2, -0.15) is 0 Å². The van der Waals surface area contributed by atoms with Crippen LogP contribution in [-0.4, -0.2) is 22.4 Å². The van der Waals surface area contributed by atoms with Crippen molar-refractivity contribution in [3.05, 3.63) is 66.0 Å². The Labute approximate surface area is 165 Å². The first-order valence-corrected chi connectivity index (χ1v) is 9.29. The van der Waals surface area contributed by atoms with Crippen molar-refractivity contribution >= 4 is 34.6 Å². The van der Waals surface area contributed by atoms with Crippen molar-refractivity contribution in [2.75, 3.05) is 22.1 Å². The van der Waals surface area contributed by atoms with Crippen molar-refractivity contribution in [3.63, 3.8) is 0 Å². The number of hydrogen-bond acceptors (Lipinski definition) is 5. The molecule has 0 bridgehead atoms. The number of rotatable bonds is 6. The maximum atomic E-state index is 11.1. The second-order valence-corrected chi connectivity index (χ2v) is 6.63. The Bertz CT molecular complexity index is 969. The lowest BCUT2D eigenvalue weighted by Crippen LogP contribution is -2.18. The summed E-state index contributed by atoms with van der Waals surface area (Å²) in [7, 11) is 0. The molecule has 2 N–H and O–H groups in total. The number of aryl methyl sites for hydroxylation is 2. The highest BCUT2D eigenvalue weighted by Gasteiger charge is 2.12. The highest BCUT2D eigenvalue weighted by atomic mass is 16.1. The Morgan fingerprint density at radius 1 is 1.00 bits per heavy atom. The predicted molar refractivity (Wildman–Crippen MR) is 115 cm³/mol. The molecule has 3 aromatic rings. The Balaban J connectivity index is 1.85. The standard InChI is InChI=1S/C22H25N5O/c1-5-27(20-8-6-7-15(2)13-20)22-14-21(23-16(3)24-22)26-19-11-9-18(10-12-19)25-17(4)28/h6-14H,5H2,1-4H3,(H,25,28)(H,23,24,26). The van der Waals surface area contributed by atoms with E-state index in [1.807, 2.05) is 37.3 Å². The van der Waals surface area contributed by atoms with E-state index in [-0.39, 0.29) is 5.91 Å². The second-order valence-electron chi connectivity index (χ2n) is 6.63. The first-order chi connectivity index (χ1) is 13.4. The van der Waals surface area contributed by atoms with Crippen molar-refractivity contribution in [1.82, 2.24) is 9.97 Å². The lowest BCUT2D eigenvalue weighted by Gasteiger charge is -2.23.